The van der Waals surface area contributed by atoms with Crippen LogP contribution in [0.15, 0.2) is 18.2 Å². The zero-order valence-corrected chi connectivity index (χ0v) is 12.1. The lowest BCUT2D eigenvalue weighted by Crippen LogP contribution is -2.30. The van der Waals surface area contributed by atoms with E-state index >= 15 is 0 Å². The van der Waals surface area contributed by atoms with Gasteiger partial charge in [-0.1, -0.05) is 22.2 Å². The highest BCUT2D eigenvalue weighted by molar-refractivity contribution is 7.10. The van der Waals surface area contributed by atoms with Crippen LogP contribution in [0.1, 0.15) is 27.2 Å². The van der Waals surface area contributed by atoms with Gasteiger partial charge < -0.3 is 5.11 Å². The number of hydrogen-bond acceptors (Lipinski definition) is 5. The summed E-state index contributed by atoms with van der Waals surface area (Å²) in [6, 6.07) is 5.33. The Morgan fingerprint density at radius 1 is 1.45 bits per heavy atom. The Hall–Kier alpha value is -1.50. The minimum Gasteiger partial charge on any atom is -0.478 e. The third kappa shape index (κ3) is 2.67. The Morgan fingerprint density at radius 2 is 2.30 bits per heavy atom. The van der Waals surface area contributed by atoms with Crippen LogP contribution in [0.5, 0.6) is 0 Å². The van der Waals surface area contributed by atoms with Gasteiger partial charge in [0.2, 0.25) is 0 Å². The number of carboxylic acid groups (broad SMARTS) is 1. The van der Waals surface area contributed by atoms with E-state index in [-0.39, 0.29) is 0 Å². The van der Waals surface area contributed by atoms with E-state index in [2.05, 4.69) is 14.5 Å². The number of carboxylic acids is 1. The second kappa shape index (κ2) is 5.47. The van der Waals surface area contributed by atoms with Gasteiger partial charge in [-0.3, -0.25) is 4.90 Å². The molecule has 0 atom stereocenters. The molecule has 104 valence electrons. The molecule has 1 N–H and O–H groups in total. The number of fused-ring (bicyclic) bond motifs is 1. The van der Waals surface area contributed by atoms with Crippen LogP contribution in [-0.2, 0) is 19.5 Å². The third-order valence-electron chi connectivity index (χ3n) is 3.43. The van der Waals surface area contributed by atoms with E-state index in [1.807, 2.05) is 6.07 Å². The van der Waals surface area contributed by atoms with E-state index in [9.17, 15) is 4.79 Å². The molecule has 0 saturated carbocycles. The zero-order valence-electron chi connectivity index (χ0n) is 10.5. The molecule has 2 heterocycles. The zero-order chi connectivity index (χ0) is 14.1. The van der Waals surface area contributed by atoms with E-state index < -0.39 is 5.97 Å². The number of aromatic nitrogens is 2. The summed E-state index contributed by atoms with van der Waals surface area (Å²) in [4.78, 5) is 13.2. The maximum absolute atomic E-state index is 11.0. The van der Waals surface area contributed by atoms with E-state index in [1.54, 1.807) is 12.1 Å². The first-order valence-corrected chi connectivity index (χ1v) is 7.33. The Kier molecular flexibility index (Phi) is 3.69. The van der Waals surface area contributed by atoms with Crippen LogP contribution in [-0.4, -0.2) is 32.1 Å². The summed E-state index contributed by atoms with van der Waals surface area (Å²) in [5.74, 6) is -0.892. The molecule has 1 aromatic carbocycles. The first kappa shape index (κ1) is 13.5. The van der Waals surface area contributed by atoms with Crippen molar-refractivity contribution in [3.8, 4) is 0 Å². The Balaban J connectivity index is 1.78. The minimum atomic E-state index is -0.892. The van der Waals surface area contributed by atoms with Gasteiger partial charge in [0.05, 0.1) is 5.56 Å². The standard InChI is InChI=1S/C13H12ClN3O2S/c14-12-11(15-16-20-12)7-17-4-3-8-1-2-9(13(18)19)5-10(8)6-17/h1-2,5H,3-4,6-7H2,(H,18,19). The molecule has 0 spiro atoms. The predicted molar refractivity (Wildman–Crippen MR) is 76.1 cm³/mol. The quantitative estimate of drug-likeness (QED) is 0.943. The van der Waals surface area contributed by atoms with Crippen molar-refractivity contribution in [2.45, 2.75) is 19.5 Å². The molecule has 2 aromatic rings. The molecule has 0 bridgehead atoms. The largest absolute Gasteiger partial charge is 0.478 e. The molecule has 0 saturated heterocycles. The molecule has 7 heteroatoms. The lowest BCUT2D eigenvalue weighted by Gasteiger charge is -2.28. The molecule has 1 aromatic heterocycles. The van der Waals surface area contributed by atoms with Gasteiger partial charge in [0.15, 0.2) is 0 Å². The van der Waals surface area contributed by atoms with Gasteiger partial charge in [-0.2, -0.15) is 0 Å². The molecular weight excluding hydrogens is 298 g/mol. The Bertz CT molecular complexity index is 659. The van der Waals surface area contributed by atoms with Crippen molar-refractivity contribution in [2.24, 2.45) is 0 Å². The van der Waals surface area contributed by atoms with Gasteiger partial charge in [0.25, 0.3) is 0 Å². The van der Waals surface area contributed by atoms with Crippen molar-refractivity contribution >= 4 is 29.1 Å². The van der Waals surface area contributed by atoms with Gasteiger partial charge >= 0.3 is 5.97 Å². The van der Waals surface area contributed by atoms with Crippen molar-refractivity contribution in [3.05, 3.63) is 44.9 Å². The third-order valence-corrected chi connectivity index (χ3v) is 4.41. The number of benzene rings is 1. The summed E-state index contributed by atoms with van der Waals surface area (Å²) in [7, 11) is 0. The summed E-state index contributed by atoms with van der Waals surface area (Å²) in [5, 5.41) is 13.1. The van der Waals surface area contributed by atoms with E-state index in [1.165, 1.54) is 17.1 Å². The molecule has 0 amide bonds. The number of carbonyl (C=O) groups is 1. The fraction of sp³-hybridized carbons (Fsp3) is 0.308. The topological polar surface area (TPSA) is 66.3 Å². The fourth-order valence-corrected chi connectivity index (χ4v) is 3.00. The number of hydrogen-bond donors (Lipinski definition) is 1. The highest BCUT2D eigenvalue weighted by Gasteiger charge is 2.19. The highest BCUT2D eigenvalue weighted by atomic mass is 35.5. The molecular formula is C13H12ClN3O2S. The van der Waals surface area contributed by atoms with Crippen LogP contribution in [0.3, 0.4) is 0 Å². The molecule has 0 unspecified atom stereocenters. The van der Waals surface area contributed by atoms with Gasteiger partial charge in [0, 0.05) is 31.2 Å². The number of nitrogens with zero attached hydrogens (tertiary/aromatic N) is 3. The van der Waals surface area contributed by atoms with Crippen LogP contribution in [0.25, 0.3) is 0 Å². The van der Waals surface area contributed by atoms with Crippen LogP contribution >= 0.6 is 23.1 Å². The molecule has 5 nitrogen and oxygen atoms in total. The average Bonchev–Trinajstić information content (AvgIpc) is 2.83. The Morgan fingerprint density at radius 3 is 3.00 bits per heavy atom. The lowest BCUT2D eigenvalue weighted by atomic mass is 9.97. The summed E-state index contributed by atoms with van der Waals surface area (Å²) < 4.78 is 4.44. The first-order chi connectivity index (χ1) is 9.63. The summed E-state index contributed by atoms with van der Waals surface area (Å²) in [5.41, 5.74) is 3.40. The van der Waals surface area contributed by atoms with Crippen LogP contribution in [0.4, 0.5) is 0 Å². The smallest absolute Gasteiger partial charge is 0.335 e. The summed E-state index contributed by atoms with van der Waals surface area (Å²) >= 11 is 7.20. The molecule has 1 aliphatic rings. The number of halogens is 1. The van der Waals surface area contributed by atoms with Crippen molar-refractivity contribution < 1.29 is 9.90 Å². The normalized spacial score (nSPS) is 15.1. The van der Waals surface area contributed by atoms with Gasteiger partial charge in [-0.15, -0.1) is 5.10 Å². The predicted octanol–water partition coefficient (Wildman–Crippen LogP) is 2.45. The average molecular weight is 310 g/mol. The second-order valence-electron chi connectivity index (χ2n) is 4.74. The second-order valence-corrected chi connectivity index (χ2v) is 6.10. The van der Waals surface area contributed by atoms with Gasteiger partial charge in [-0.25, -0.2) is 4.79 Å². The monoisotopic (exact) mass is 309 g/mol. The fourth-order valence-electron chi connectivity index (χ4n) is 2.39. The van der Waals surface area contributed by atoms with E-state index in [0.29, 0.717) is 23.0 Å². The van der Waals surface area contributed by atoms with E-state index in [4.69, 9.17) is 16.7 Å². The summed E-state index contributed by atoms with van der Waals surface area (Å²) in [6.45, 7) is 2.27. The molecule has 0 fully saturated rings. The van der Waals surface area contributed by atoms with Crippen molar-refractivity contribution in [3.63, 3.8) is 0 Å². The lowest BCUT2D eigenvalue weighted by molar-refractivity contribution is 0.0696. The maximum atomic E-state index is 11.0. The number of rotatable bonds is 3. The van der Waals surface area contributed by atoms with Crippen molar-refractivity contribution in [1.29, 1.82) is 0 Å². The molecule has 0 radical (unpaired) electrons. The van der Waals surface area contributed by atoms with E-state index in [0.717, 1.165) is 24.2 Å². The van der Waals surface area contributed by atoms with Crippen LogP contribution in [0.2, 0.25) is 4.34 Å². The summed E-state index contributed by atoms with van der Waals surface area (Å²) in [6.07, 6.45) is 0.907. The first-order valence-electron chi connectivity index (χ1n) is 6.17. The minimum absolute atomic E-state index is 0.332. The van der Waals surface area contributed by atoms with Gasteiger partial charge in [0.1, 0.15) is 10.0 Å². The Labute approximate surface area is 125 Å². The van der Waals surface area contributed by atoms with Crippen LogP contribution in [0, 0.1) is 0 Å². The molecule has 1 aliphatic heterocycles. The molecule has 3 rings (SSSR count). The highest BCUT2D eigenvalue weighted by Crippen LogP contribution is 2.24. The molecule has 20 heavy (non-hydrogen) atoms. The molecule has 0 aliphatic carbocycles. The maximum Gasteiger partial charge on any atom is 0.335 e. The van der Waals surface area contributed by atoms with Crippen molar-refractivity contribution in [1.82, 2.24) is 14.5 Å². The van der Waals surface area contributed by atoms with Crippen LogP contribution < -0.4 is 0 Å². The van der Waals surface area contributed by atoms with Crippen molar-refractivity contribution in [2.75, 3.05) is 6.54 Å². The number of aromatic carboxylic acids is 1. The van der Waals surface area contributed by atoms with Gasteiger partial charge in [-0.05, 0) is 29.7 Å². The SMILES string of the molecule is O=C(O)c1ccc2c(c1)CN(Cc1nnsc1Cl)CC2.